The third-order valence-electron chi connectivity index (χ3n) is 1.74. The Kier molecular flexibility index (Phi) is 5.15. The molecule has 0 aromatic heterocycles. The van der Waals surface area contributed by atoms with E-state index in [1.54, 1.807) is 6.07 Å². The highest BCUT2D eigenvalue weighted by atomic mass is 35.5. The number of hydrogen-bond acceptors (Lipinski definition) is 1. The van der Waals surface area contributed by atoms with Gasteiger partial charge < -0.3 is 10.6 Å². The quantitative estimate of drug-likeness (QED) is 0.813. The molecule has 15 heavy (non-hydrogen) atoms. The van der Waals surface area contributed by atoms with Crippen LogP contribution in [0.25, 0.3) is 0 Å². The molecule has 0 atom stereocenters. The molecule has 2 N–H and O–H groups in total. The Morgan fingerprint density at radius 2 is 2.13 bits per heavy atom. The van der Waals surface area contributed by atoms with Gasteiger partial charge in [-0.05, 0) is 30.8 Å². The van der Waals surface area contributed by atoms with Crippen molar-refractivity contribution in [3.63, 3.8) is 0 Å². The highest BCUT2D eigenvalue weighted by Gasteiger charge is 2.04. The van der Waals surface area contributed by atoms with Gasteiger partial charge in [0.1, 0.15) is 0 Å². The summed E-state index contributed by atoms with van der Waals surface area (Å²) < 4.78 is 0. The van der Waals surface area contributed by atoms with Crippen molar-refractivity contribution in [2.75, 3.05) is 11.9 Å². The fourth-order valence-electron chi connectivity index (χ4n) is 1.01. The minimum Gasteiger partial charge on any atom is -0.362 e. The predicted octanol–water partition coefficient (Wildman–Crippen LogP) is 3.69. The lowest BCUT2D eigenvalue weighted by molar-refractivity contribution is 0.846. The van der Waals surface area contributed by atoms with Crippen molar-refractivity contribution in [2.45, 2.75) is 13.3 Å². The summed E-state index contributed by atoms with van der Waals surface area (Å²) >= 11 is 16.9. The van der Waals surface area contributed by atoms with Crippen molar-refractivity contribution in [3.05, 3.63) is 28.2 Å². The van der Waals surface area contributed by atoms with Crippen LogP contribution in [0.5, 0.6) is 0 Å². The second-order valence-corrected chi connectivity index (χ2v) is 4.18. The summed E-state index contributed by atoms with van der Waals surface area (Å²) in [5.74, 6) is 0. The maximum atomic E-state index is 5.99. The van der Waals surface area contributed by atoms with E-state index < -0.39 is 0 Å². The van der Waals surface area contributed by atoms with Crippen molar-refractivity contribution in [1.82, 2.24) is 5.32 Å². The van der Waals surface area contributed by atoms with E-state index >= 15 is 0 Å². The monoisotopic (exact) mass is 262 g/mol. The Morgan fingerprint density at radius 1 is 1.40 bits per heavy atom. The summed E-state index contributed by atoms with van der Waals surface area (Å²) in [5, 5.41) is 7.59. The van der Waals surface area contributed by atoms with Gasteiger partial charge in [-0.25, -0.2) is 0 Å². The molecular weight excluding hydrogens is 251 g/mol. The number of benzene rings is 1. The number of hydrogen-bond donors (Lipinski definition) is 2. The lowest BCUT2D eigenvalue weighted by Gasteiger charge is -2.11. The van der Waals surface area contributed by atoms with Gasteiger partial charge in [0.15, 0.2) is 5.11 Å². The number of rotatable bonds is 3. The summed E-state index contributed by atoms with van der Waals surface area (Å²) in [6.45, 7) is 2.91. The summed E-state index contributed by atoms with van der Waals surface area (Å²) in [4.78, 5) is 0. The van der Waals surface area contributed by atoms with Crippen LogP contribution in [0.1, 0.15) is 13.3 Å². The van der Waals surface area contributed by atoms with Gasteiger partial charge in [-0.3, -0.25) is 0 Å². The minimum absolute atomic E-state index is 0.486. The molecule has 0 saturated carbocycles. The molecule has 0 radical (unpaired) electrons. The van der Waals surface area contributed by atoms with Gasteiger partial charge in [0.05, 0.1) is 15.7 Å². The molecule has 82 valence electrons. The van der Waals surface area contributed by atoms with E-state index in [1.165, 1.54) is 0 Å². The van der Waals surface area contributed by atoms with Crippen LogP contribution in [-0.4, -0.2) is 11.7 Å². The summed E-state index contributed by atoms with van der Waals surface area (Å²) in [7, 11) is 0. The third kappa shape index (κ3) is 3.86. The van der Waals surface area contributed by atoms with E-state index in [0.717, 1.165) is 18.7 Å². The van der Waals surface area contributed by atoms with Gasteiger partial charge in [0.2, 0.25) is 0 Å². The smallest absolute Gasteiger partial charge is 0.170 e. The van der Waals surface area contributed by atoms with Crippen molar-refractivity contribution in [3.8, 4) is 0 Å². The van der Waals surface area contributed by atoms with Crippen LogP contribution in [0.4, 0.5) is 5.69 Å². The topological polar surface area (TPSA) is 24.1 Å². The zero-order valence-electron chi connectivity index (χ0n) is 8.31. The van der Waals surface area contributed by atoms with Crippen LogP contribution in [-0.2, 0) is 0 Å². The van der Waals surface area contributed by atoms with E-state index in [0.29, 0.717) is 15.2 Å². The molecular formula is C10H12Cl2N2S. The third-order valence-corrected chi connectivity index (χ3v) is 2.80. The summed E-state index contributed by atoms with van der Waals surface area (Å²) in [6.07, 6.45) is 1.02. The SMILES string of the molecule is CCCNC(=S)Nc1cccc(Cl)c1Cl. The molecule has 0 unspecified atom stereocenters. The maximum Gasteiger partial charge on any atom is 0.170 e. The lowest BCUT2D eigenvalue weighted by Crippen LogP contribution is -2.28. The molecule has 1 rings (SSSR count). The first-order valence-electron chi connectivity index (χ1n) is 4.64. The normalized spacial score (nSPS) is 9.80. The average Bonchev–Trinajstić information content (AvgIpc) is 2.22. The number of nitrogens with one attached hydrogen (secondary N) is 2. The van der Waals surface area contributed by atoms with Crippen molar-refractivity contribution >= 4 is 46.2 Å². The van der Waals surface area contributed by atoms with Crippen LogP contribution < -0.4 is 10.6 Å². The lowest BCUT2D eigenvalue weighted by atomic mass is 10.3. The molecule has 0 amide bonds. The van der Waals surface area contributed by atoms with E-state index in [1.807, 2.05) is 12.1 Å². The van der Waals surface area contributed by atoms with Gasteiger partial charge in [0, 0.05) is 6.54 Å². The zero-order chi connectivity index (χ0) is 11.3. The van der Waals surface area contributed by atoms with Gasteiger partial charge >= 0.3 is 0 Å². The summed E-state index contributed by atoms with van der Waals surface area (Å²) in [6, 6.07) is 5.38. The van der Waals surface area contributed by atoms with E-state index in [4.69, 9.17) is 35.4 Å². The number of thiocarbonyl (C=S) groups is 1. The standard InChI is InChI=1S/C10H12Cl2N2S/c1-2-6-13-10(15)14-8-5-3-4-7(11)9(8)12/h3-5H,2,6H2,1H3,(H2,13,14,15). The first-order valence-corrected chi connectivity index (χ1v) is 5.80. The summed E-state index contributed by atoms with van der Waals surface area (Å²) in [5.41, 5.74) is 0.720. The second-order valence-electron chi connectivity index (χ2n) is 2.98. The maximum absolute atomic E-state index is 5.99. The molecule has 0 bridgehead atoms. The highest BCUT2D eigenvalue weighted by molar-refractivity contribution is 7.80. The first kappa shape index (κ1) is 12.6. The fourth-order valence-corrected chi connectivity index (χ4v) is 1.57. The van der Waals surface area contributed by atoms with Gasteiger partial charge in [-0.1, -0.05) is 36.2 Å². The Hall–Kier alpha value is -0.510. The van der Waals surface area contributed by atoms with E-state index in [9.17, 15) is 0 Å². The Balaban J connectivity index is 2.64. The van der Waals surface area contributed by atoms with Crippen molar-refractivity contribution in [2.24, 2.45) is 0 Å². The Morgan fingerprint density at radius 3 is 2.80 bits per heavy atom. The molecule has 2 nitrogen and oxygen atoms in total. The number of halogens is 2. The van der Waals surface area contributed by atoms with Crippen LogP contribution in [0.2, 0.25) is 10.0 Å². The molecule has 1 aromatic carbocycles. The number of anilines is 1. The van der Waals surface area contributed by atoms with E-state index in [-0.39, 0.29) is 0 Å². The van der Waals surface area contributed by atoms with Crippen LogP contribution in [0.15, 0.2) is 18.2 Å². The molecule has 0 heterocycles. The molecule has 0 fully saturated rings. The molecule has 0 spiro atoms. The molecule has 0 aliphatic rings. The van der Waals surface area contributed by atoms with E-state index in [2.05, 4.69) is 17.6 Å². The van der Waals surface area contributed by atoms with Crippen LogP contribution in [0.3, 0.4) is 0 Å². The minimum atomic E-state index is 0.486. The fraction of sp³-hybridized carbons (Fsp3) is 0.300. The van der Waals surface area contributed by atoms with Gasteiger partial charge in [0.25, 0.3) is 0 Å². The zero-order valence-corrected chi connectivity index (χ0v) is 10.6. The van der Waals surface area contributed by atoms with Crippen molar-refractivity contribution in [1.29, 1.82) is 0 Å². The largest absolute Gasteiger partial charge is 0.362 e. The molecule has 0 aliphatic heterocycles. The first-order chi connectivity index (χ1) is 7.15. The second kappa shape index (κ2) is 6.16. The molecule has 0 saturated heterocycles. The molecule has 0 aliphatic carbocycles. The van der Waals surface area contributed by atoms with Gasteiger partial charge in [-0.15, -0.1) is 0 Å². The highest BCUT2D eigenvalue weighted by Crippen LogP contribution is 2.29. The Labute approximate surface area is 105 Å². The van der Waals surface area contributed by atoms with Gasteiger partial charge in [-0.2, -0.15) is 0 Å². The average molecular weight is 263 g/mol. The van der Waals surface area contributed by atoms with Crippen LogP contribution >= 0.6 is 35.4 Å². The Bertz CT molecular complexity index is 355. The predicted molar refractivity (Wildman–Crippen MR) is 71.0 cm³/mol. The molecule has 5 heteroatoms. The van der Waals surface area contributed by atoms with Crippen molar-refractivity contribution < 1.29 is 0 Å². The molecule has 1 aromatic rings. The van der Waals surface area contributed by atoms with Crippen LogP contribution in [0, 0.1) is 0 Å².